The van der Waals surface area contributed by atoms with Crippen LogP contribution in [-0.4, -0.2) is 22.9 Å². The van der Waals surface area contributed by atoms with E-state index in [4.69, 9.17) is 0 Å². The largest absolute Gasteiger partial charge is 0.317 e. The molecule has 0 radical (unpaired) electrons. The Hall–Kier alpha value is -0.350. The molecule has 3 nitrogen and oxygen atoms in total. The summed E-state index contributed by atoms with van der Waals surface area (Å²) in [6.45, 7) is 7.38. The van der Waals surface area contributed by atoms with Crippen LogP contribution >= 0.6 is 15.9 Å². The Balaban J connectivity index is 2.67. The number of nitrogens with zero attached hydrogens (tertiary/aromatic N) is 2. The Morgan fingerprint density at radius 2 is 2.06 bits per heavy atom. The van der Waals surface area contributed by atoms with Crippen LogP contribution in [0.2, 0.25) is 0 Å². The highest BCUT2D eigenvalue weighted by atomic mass is 79.9. The third-order valence-electron chi connectivity index (χ3n) is 3.23. The molecule has 1 aromatic heterocycles. The molecule has 0 bridgehead atoms. The summed E-state index contributed by atoms with van der Waals surface area (Å²) >= 11 is 3.65. The molecule has 98 valence electrons. The molecule has 0 fully saturated rings. The zero-order valence-electron chi connectivity index (χ0n) is 11.4. The molecule has 0 aliphatic heterocycles. The monoisotopic (exact) mass is 301 g/mol. The SMILES string of the molecule is CCCC(CCc1c(Br)c(C)nn1CC)NC. The van der Waals surface area contributed by atoms with Gasteiger partial charge < -0.3 is 5.32 Å². The van der Waals surface area contributed by atoms with E-state index in [1.165, 1.54) is 29.4 Å². The molecule has 4 heteroatoms. The lowest BCUT2D eigenvalue weighted by molar-refractivity contribution is 0.473. The zero-order valence-corrected chi connectivity index (χ0v) is 13.0. The Morgan fingerprint density at radius 3 is 2.59 bits per heavy atom. The first-order chi connectivity index (χ1) is 8.13. The van der Waals surface area contributed by atoms with Crippen LogP contribution in [0.5, 0.6) is 0 Å². The predicted molar refractivity (Wildman–Crippen MR) is 76.4 cm³/mol. The second kappa shape index (κ2) is 7.17. The number of aryl methyl sites for hydroxylation is 2. The number of nitrogens with one attached hydrogen (secondary N) is 1. The van der Waals surface area contributed by atoms with Crippen molar-refractivity contribution in [2.45, 2.75) is 59.0 Å². The van der Waals surface area contributed by atoms with Gasteiger partial charge in [0, 0.05) is 12.6 Å². The van der Waals surface area contributed by atoms with Crippen LogP contribution in [0.15, 0.2) is 4.47 Å². The van der Waals surface area contributed by atoms with E-state index in [1.54, 1.807) is 0 Å². The minimum Gasteiger partial charge on any atom is -0.317 e. The first-order valence-electron chi connectivity index (χ1n) is 6.53. The van der Waals surface area contributed by atoms with E-state index in [0.717, 1.165) is 18.7 Å². The highest BCUT2D eigenvalue weighted by molar-refractivity contribution is 9.10. The summed E-state index contributed by atoms with van der Waals surface area (Å²) in [5.41, 5.74) is 2.43. The molecule has 0 aliphatic carbocycles. The molecule has 1 atom stereocenters. The van der Waals surface area contributed by atoms with Gasteiger partial charge in [-0.2, -0.15) is 5.10 Å². The molecule has 0 saturated heterocycles. The maximum absolute atomic E-state index is 4.53. The maximum Gasteiger partial charge on any atom is 0.0738 e. The first-order valence-corrected chi connectivity index (χ1v) is 7.32. The van der Waals surface area contributed by atoms with E-state index in [0.29, 0.717) is 6.04 Å². The Morgan fingerprint density at radius 1 is 1.35 bits per heavy atom. The van der Waals surface area contributed by atoms with E-state index in [2.05, 4.69) is 58.8 Å². The lowest BCUT2D eigenvalue weighted by atomic mass is 10.1. The fourth-order valence-corrected chi connectivity index (χ4v) is 2.68. The van der Waals surface area contributed by atoms with Crippen molar-refractivity contribution in [3.8, 4) is 0 Å². The topological polar surface area (TPSA) is 29.9 Å². The van der Waals surface area contributed by atoms with Crippen molar-refractivity contribution in [2.24, 2.45) is 0 Å². The standard InChI is InChI=1S/C13H24BrN3/c1-5-7-11(15-4)8-9-12-13(14)10(3)16-17(12)6-2/h11,15H,5-9H2,1-4H3. The van der Waals surface area contributed by atoms with Gasteiger partial charge in [0.05, 0.1) is 15.9 Å². The third-order valence-corrected chi connectivity index (χ3v) is 4.26. The molecule has 1 rings (SSSR count). The maximum atomic E-state index is 4.53. The van der Waals surface area contributed by atoms with Crippen molar-refractivity contribution in [1.82, 2.24) is 15.1 Å². The minimum atomic E-state index is 0.618. The zero-order chi connectivity index (χ0) is 12.8. The number of hydrogen-bond acceptors (Lipinski definition) is 2. The predicted octanol–water partition coefficient (Wildman–Crippen LogP) is 3.29. The molecule has 0 spiro atoms. The lowest BCUT2D eigenvalue weighted by Gasteiger charge is -2.15. The second-order valence-electron chi connectivity index (χ2n) is 4.47. The molecule has 1 N–H and O–H groups in total. The van der Waals surface area contributed by atoms with Crippen LogP contribution in [0.25, 0.3) is 0 Å². The fraction of sp³-hybridized carbons (Fsp3) is 0.769. The highest BCUT2D eigenvalue weighted by Crippen LogP contribution is 2.23. The van der Waals surface area contributed by atoms with Crippen LogP contribution in [0.4, 0.5) is 0 Å². The summed E-state index contributed by atoms with van der Waals surface area (Å²) in [6.07, 6.45) is 4.74. The van der Waals surface area contributed by atoms with Gasteiger partial charge in [-0.1, -0.05) is 13.3 Å². The molecule has 1 unspecified atom stereocenters. The van der Waals surface area contributed by atoms with Crippen molar-refractivity contribution in [3.63, 3.8) is 0 Å². The Kier molecular flexibility index (Phi) is 6.20. The molecule has 1 heterocycles. The summed E-state index contributed by atoms with van der Waals surface area (Å²) in [6, 6.07) is 0.618. The molecule has 0 aromatic carbocycles. The van der Waals surface area contributed by atoms with Gasteiger partial charge in [-0.3, -0.25) is 4.68 Å². The summed E-state index contributed by atoms with van der Waals surface area (Å²) in [5, 5.41) is 7.92. The van der Waals surface area contributed by atoms with Crippen LogP contribution < -0.4 is 5.32 Å². The second-order valence-corrected chi connectivity index (χ2v) is 5.27. The van der Waals surface area contributed by atoms with Crippen molar-refractivity contribution in [1.29, 1.82) is 0 Å². The van der Waals surface area contributed by atoms with Gasteiger partial charge in [0.15, 0.2) is 0 Å². The van der Waals surface area contributed by atoms with E-state index in [-0.39, 0.29) is 0 Å². The van der Waals surface area contributed by atoms with Crippen LogP contribution in [0.3, 0.4) is 0 Å². The van der Waals surface area contributed by atoms with Gasteiger partial charge in [-0.05, 0) is 56.1 Å². The van der Waals surface area contributed by atoms with Crippen molar-refractivity contribution >= 4 is 15.9 Å². The fourth-order valence-electron chi connectivity index (χ4n) is 2.20. The van der Waals surface area contributed by atoms with Crippen molar-refractivity contribution < 1.29 is 0 Å². The van der Waals surface area contributed by atoms with E-state index in [9.17, 15) is 0 Å². The number of rotatable bonds is 7. The van der Waals surface area contributed by atoms with Gasteiger partial charge >= 0.3 is 0 Å². The van der Waals surface area contributed by atoms with Gasteiger partial charge in [-0.15, -0.1) is 0 Å². The molecule has 0 aliphatic rings. The highest BCUT2D eigenvalue weighted by Gasteiger charge is 2.13. The third kappa shape index (κ3) is 3.81. The average Bonchev–Trinajstić information content (AvgIpc) is 2.61. The smallest absolute Gasteiger partial charge is 0.0738 e. The molecular formula is C13H24BrN3. The summed E-state index contributed by atoms with van der Waals surface area (Å²) in [4.78, 5) is 0. The van der Waals surface area contributed by atoms with E-state index >= 15 is 0 Å². The normalized spacial score (nSPS) is 13.0. The lowest BCUT2D eigenvalue weighted by Crippen LogP contribution is -2.25. The van der Waals surface area contributed by atoms with Crippen molar-refractivity contribution in [2.75, 3.05) is 7.05 Å². The molecule has 1 aromatic rings. The van der Waals surface area contributed by atoms with E-state index < -0.39 is 0 Å². The van der Waals surface area contributed by atoms with Gasteiger partial charge in [0.1, 0.15) is 0 Å². The van der Waals surface area contributed by atoms with Crippen LogP contribution in [0.1, 0.15) is 44.5 Å². The minimum absolute atomic E-state index is 0.618. The number of aromatic nitrogens is 2. The Labute approximate surface area is 113 Å². The van der Waals surface area contributed by atoms with Crippen LogP contribution in [-0.2, 0) is 13.0 Å². The van der Waals surface area contributed by atoms with Gasteiger partial charge in [0.25, 0.3) is 0 Å². The van der Waals surface area contributed by atoms with E-state index in [1.807, 2.05) is 0 Å². The Bertz CT molecular complexity index is 347. The molecule has 17 heavy (non-hydrogen) atoms. The first kappa shape index (κ1) is 14.7. The van der Waals surface area contributed by atoms with Gasteiger partial charge in [-0.25, -0.2) is 0 Å². The number of hydrogen-bond donors (Lipinski definition) is 1. The average molecular weight is 302 g/mol. The van der Waals surface area contributed by atoms with Crippen molar-refractivity contribution in [3.05, 3.63) is 15.9 Å². The summed E-state index contributed by atoms with van der Waals surface area (Å²) in [7, 11) is 2.05. The summed E-state index contributed by atoms with van der Waals surface area (Å²) < 4.78 is 3.30. The number of halogens is 1. The molecule has 0 saturated carbocycles. The van der Waals surface area contributed by atoms with Crippen LogP contribution in [0, 0.1) is 6.92 Å². The quantitative estimate of drug-likeness (QED) is 0.837. The molecule has 0 amide bonds. The summed E-state index contributed by atoms with van der Waals surface area (Å²) in [5.74, 6) is 0. The molecular weight excluding hydrogens is 278 g/mol. The van der Waals surface area contributed by atoms with Gasteiger partial charge in [0.2, 0.25) is 0 Å².